The number of aromatic nitrogens is 1. The number of carbonyl (C=O) groups is 2. The second-order valence-electron chi connectivity index (χ2n) is 4.38. The number of amides is 2. The second kappa shape index (κ2) is 6.92. The van der Waals surface area contributed by atoms with Crippen molar-refractivity contribution in [1.29, 1.82) is 0 Å². The predicted octanol–water partition coefficient (Wildman–Crippen LogP) is -1.11. The molecule has 1 fully saturated rings. The van der Waals surface area contributed by atoms with Gasteiger partial charge in [0.1, 0.15) is 24.2 Å². The molecule has 24 heavy (non-hydrogen) atoms. The molecule has 1 aromatic heterocycles. The number of nitrogen functional groups attached to an aromatic ring is 1. The van der Waals surface area contributed by atoms with E-state index in [4.69, 9.17) is 10.3 Å². The summed E-state index contributed by atoms with van der Waals surface area (Å²) in [7, 11) is -3.47. The first-order valence-corrected chi connectivity index (χ1v) is 9.74. The Morgan fingerprint density at radius 1 is 1.62 bits per heavy atom. The molecular weight excluding hydrogens is 382 g/mol. The van der Waals surface area contributed by atoms with Crippen molar-refractivity contribution in [3.63, 3.8) is 0 Å². The standard InChI is InChI=1S/C10H13N5O6S3/c1-21-14-5(4-3-23-10(11)12-4)7(16)13-6-8(17)15(9(6)22-2)24(18,19)20/h3,6,9H,1-2H3,(H2,11,12)(H,13,16)(H,18,19,20)/b14-5-/t6-,9-/m1/s1. The van der Waals surface area contributed by atoms with E-state index in [0.717, 1.165) is 23.1 Å². The van der Waals surface area contributed by atoms with Crippen molar-refractivity contribution in [3.05, 3.63) is 11.1 Å². The summed E-state index contributed by atoms with van der Waals surface area (Å²) in [4.78, 5) is 32.7. The van der Waals surface area contributed by atoms with Crippen LogP contribution >= 0.6 is 23.1 Å². The van der Waals surface area contributed by atoms with E-state index in [1.165, 1.54) is 18.7 Å². The first-order valence-electron chi connectivity index (χ1n) is 6.17. The van der Waals surface area contributed by atoms with Gasteiger partial charge in [-0.1, -0.05) is 5.16 Å². The van der Waals surface area contributed by atoms with Gasteiger partial charge in [0, 0.05) is 5.38 Å². The number of thioether (sulfide) groups is 1. The number of hydrogen-bond acceptors (Lipinski definition) is 10. The number of carbonyl (C=O) groups excluding carboxylic acids is 2. The van der Waals surface area contributed by atoms with Gasteiger partial charge in [-0.15, -0.1) is 23.1 Å². The lowest BCUT2D eigenvalue weighted by Gasteiger charge is -2.42. The van der Waals surface area contributed by atoms with E-state index in [-0.39, 0.29) is 20.8 Å². The molecule has 0 aliphatic carbocycles. The van der Waals surface area contributed by atoms with Gasteiger partial charge in [0.25, 0.3) is 11.8 Å². The molecule has 14 heteroatoms. The third kappa shape index (κ3) is 3.45. The largest absolute Gasteiger partial charge is 0.398 e. The molecule has 0 spiro atoms. The number of rotatable bonds is 6. The van der Waals surface area contributed by atoms with Gasteiger partial charge in [-0.2, -0.15) is 12.7 Å². The molecule has 0 unspecified atom stereocenters. The Bertz CT molecular complexity index is 791. The number of oxime groups is 1. The summed E-state index contributed by atoms with van der Waals surface area (Å²) >= 11 is 2.05. The van der Waals surface area contributed by atoms with Crippen molar-refractivity contribution < 1.29 is 27.4 Å². The molecular formula is C10H13N5O6S3. The second-order valence-corrected chi connectivity index (χ2v) is 7.52. The van der Waals surface area contributed by atoms with E-state index in [2.05, 4.69) is 20.3 Å². The molecule has 2 atom stereocenters. The molecule has 0 saturated carbocycles. The molecule has 0 aromatic carbocycles. The van der Waals surface area contributed by atoms with Crippen LogP contribution in [0.4, 0.5) is 5.13 Å². The quantitative estimate of drug-likeness (QED) is 0.234. The van der Waals surface area contributed by atoms with E-state index >= 15 is 0 Å². The van der Waals surface area contributed by atoms with Gasteiger partial charge in [-0.3, -0.25) is 14.1 Å². The van der Waals surface area contributed by atoms with Crippen LogP contribution in [0.15, 0.2) is 10.5 Å². The molecule has 1 aromatic rings. The lowest BCUT2D eigenvalue weighted by Crippen LogP contribution is -2.71. The molecule has 1 aliphatic heterocycles. The highest BCUT2D eigenvalue weighted by atomic mass is 32.2. The molecule has 0 bridgehead atoms. The van der Waals surface area contributed by atoms with Crippen LogP contribution in [0.2, 0.25) is 0 Å². The number of thiazole rings is 1. The highest BCUT2D eigenvalue weighted by molar-refractivity contribution is 8.00. The summed E-state index contributed by atoms with van der Waals surface area (Å²) in [6.07, 6.45) is 1.53. The van der Waals surface area contributed by atoms with Gasteiger partial charge in [0.05, 0.1) is 0 Å². The van der Waals surface area contributed by atoms with Gasteiger partial charge >= 0.3 is 10.3 Å². The molecule has 2 rings (SSSR count). The van der Waals surface area contributed by atoms with E-state index in [1.807, 2.05) is 0 Å². The topological polar surface area (TPSA) is 164 Å². The van der Waals surface area contributed by atoms with Crippen LogP contribution in [0.25, 0.3) is 0 Å². The van der Waals surface area contributed by atoms with Gasteiger partial charge < -0.3 is 15.9 Å². The summed E-state index contributed by atoms with van der Waals surface area (Å²) in [5.41, 5.74) is 5.43. The minimum atomic E-state index is -4.70. The third-order valence-corrected chi connectivity index (χ3v) is 5.62. The Morgan fingerprint density at radius 2 is 2.29 bits per heavy atom. The molecule has 2 amide bonds. The fourth-order valence-electron chi connectivity index (χ4n) is 1.95. The number of nitrogens with two attached hydrogens (primary N) is 1. The molecule has 0 radical (unpaired) electrons. The summed E-state index contributed by atoms with van der Waals surface area (Å²) in [6, 6.07) is -1.15. The fraction of sp³-hybridized carbons (Fsp3) is 0.400. The van der Waals surface area contributed by atoms with Crippen molar-refractivity contribution in [2.24, 2.45) is 5.16 Å². The first kappa shape index (κ1) is 18.4. The molecule has 4 N–H and O–H groups in total. The zero-order chi connectivity index (χ0) is 18.1. The van der Waals surface area contributed by atoms with Gasteiger partial charge in [0.2, 0.25) is 0 Å². The maximum Gasteiger partial charge on any atom is 0.363 e. The normalized spacial score (nSPS) is 21.4. The van der Waals surface area contributed by atoms with Gasteiger partial charge in [0.15, 0.2) is 10.8 Å². The maximum absolute atomic E-state index is 12.3. The minimum absolute atomic E-state index is 0.149. The summed E-state index contributed by atoms with van der Waals surface area (Å²) < 4.78 is 31.6. The van der Waals surface area contributed by atoms with Crippen molar-refractivity contribution in [1.82, 2.24) is 14.6 Å². The average molecular weight is 395 g/mol. The fourth-order valence-corrected chi connectivity index (χ4v) is 4.56. The average Bonchev–Trinajstić information content (AvgIpc) is 2.91. The molecule has 11 nitrogen and oxygen atoms in total. The predicted molar refractivity (Wildman–Crippen MR) is 87.7 cm³/mol. The van der Waals surface area contributed by atoms with Crippen LogP contribution in [0.1, 0.15) is 5.69 Å². The number of nitrogens with zero attached hydrogens (tertiary/aromatic N) is 3. The summed E-state index contributed by atoms with van der Waals surface area (Å²) in [5, 5.41) is 6.62. The first-order chi connectivity index (χ1) is 11.2. The Kier molecular flexibility index (Phi) is 5.32. The van der Waals surface area contributed by atoms with Crippen LogP contribution in [-0.4, -0.2) is 64.6 Å². The maximum atomic E-state index is 12.3. The summed E-state index contributed by atoms with van der Waals surface area (Å²) in [6.45, 7) is 0. The number of anilines is 1. The van der Waals surface area contributed by atoms with Crippen molar-refractivity contribution in [3.8, 4) is 0 Å². The van der Waals surface area contributed by atoms with Crippen LogP contribution in [0, 0.1) is 0 Å². The Labute approximate surface area is 145 Å². The van der Waals surface area contributed by atoms with E-state index in [0.29, 0.717) is 0 Å². The van der Waals surface area contributed by atoms with Crippen molar-refractivity contribution >= 4 is 56.1 Å². The lowest BCUT2D eigenvalue weighted by atomic mass is 10.1. The van der Waals surface area contributed by atoms with E-state index in [1.54, 1.807) is 0 Å². The van der Waals surface area contributed by atoms with Crippen LogP contribution < -0.4 is 11.1 Å². The minimum Gasteiger partial charge on any atom is -0.398 e. The van der Waals surface area contributed by atoms with Crippen LogP contribution in [0.3, 0.4) is 0 Å². The lowest BCUT2D eigenvalue weighted by molar-refractivity contribution is -0.140. The molecule has 1 saturated heterocycles. The number of nitrogens with one attached hydrogen (secondary N) is 1. The van der Waals surface area contributed by atoms with E-state index in [9.17, 15) is 18.0 Å². The zero-order valence-corrected chi connectivity index (χ0v) is 14.8. The third-order valence-electron chi connectivity index (χ3n) is 2.94. The summed E-state index contributed by atoms with van der Waals surface area (Å²) in [5.74, 6) is -1.76. The van der Waals surface area contributed by atoms with Gasteiger partial charge in [-0.05, 0) is 6.26 Å². The monoisotopic (exact) mass is 395 g/mol. The molecule has 132 valence electrons. The zero-order valence-electron chi connectivity index (χ0n) is 12.4. The number of hydrogen-bond donors (Lipinski definition) is 3. The SMILES string of the molecule is CO/N=C(\C(=O)N[C@@H]1C(=O)N(S(=O)(=O)O)[C@@H]1SC)c1csc(N)n1. The van der Waals surface area contributed by atoms with E-state index < -0.39 is 33.5 Å². The van der Waals surface area contributed by atoms with Gasteiger partial charge in [-0.25, -0.2) is 4.98 Å². The van der Waals surface area contributed by atoms with Crippen molar-refractivity contribution in [2.45, 2.75) is 11.4 Å². The highest BCUT2D eigenvalue weighted by Gasteiger charge is 2.54. The molecule has 1 aliphatic rings. The number of β-lactam (4-membered cyclic amide) rings is 1. The Morgan fingerprint density at radius 3 is 2.75 bits per heavy atom. The smallest absolute Gasteiger partial charge is 0.363 e. The highest BCUT2D eigenvalue weighted by Crippen LogP contribution is 2.30. The molecule has 2 heterocycles. The Hall–Kier alpha value is -1.90. The van der Waals surface area contributed by atoms with Crippen molar-refractivity contribution in [2.75, 3.05) is 19.1 Å². The van der Waals surface area contributed by atoms with Crippen LogP contribution in [0.5, 0.6) is 0 Å². The van der Waals surface area contributed by atoms with Crippen LogP contribution in [-0.2, 0) is 24.7 Å². The Balaban J connectivity index is 2.19.